The van der Waals surface area contributed by atoms with Crippen molar-refractivity contribution in [2.45, 2.75) is 40.8 Å². The Hall–Kier alpha value is -0.990. The van der Waals surface area contributed by atoms with Gasteiger partial charge in [-0.25, -0.2) is 0 Å². The van der Waals surface area contributed by atoms with Gasteiger partial charge in [0, 0.05) is 0 Å². The van der Waals surface area contributed by atoms with Crippen LogP contribution < -0.4 is 0 Å². The second-order valence-electron chi connectivity index (χ2n) is 4.24. The monoisotopic (exact) mass is 234 g/mol. The van der Waals surface area contributed by atoms with Gasteiger partial charge in [-0.05, 0) is 19.8 Å². The van der Waals surface area contributed by atoms with Crippen LogP contribution >= 0.6 is 0 Å². The molecule has 0 atom stereocenters. The Labute approximate surface area is 96.6 Å². The zero-order valence-electron chi connectivity index (χ0n) is 10.7. The number of alkyl halides is 3. The van der Waals surface area contributed by atoms with E-state index in [9.17, 15) is 13.2 Å². The molecule has 0 aliphatic carbocycles. The lowest BCUT2D eigenvalue weighted by molar-refractivity contribution is -0.0889. The Kier molecular flexibility index (Phi) is 8.92. The number of halogens is 3. The zero-order chi connectivity index (χ0) is 13.4. The van der Waals surface area contributed by atoms with Gasteiger partial charge in [-0.1, -0.05) is 51.2 Å². The molecule has 0 aliphatic rings. The van der Waals surface area contributed by atoms with Crippen LogP contribution in [0.25, 0.3) is 0 Å². The predicted molar refractivity (Wildman–Crippen MR) is 64.3 cm³/mol. The van der Waals surface area contributed by atoms with Crippen molar-refractivity contribution in [3.05, 3.63) is 36.0 Å². The first-order valence-corrected chi connectivity index (χ1v) is 5.16. The lowest BCUT2D eigenvalue weighted by Crippen LogP contribution is -2.11. The SMILES string of the molecule is C=C/C=C\C(=C(C)C)C(F)(F)F.CC(C)C. The molecule has 0 heterocycles. The summed E-state index contributed by atoms with van der Waals surface area (Å²) in [6.07, 6.45) is -0.662. The molecule has 0 amide bonds. The molecule has 0 aromatic rings. The fourth-order valence-electron chi connectivity index (χ4n) is 0.709. The van der Waals surface area contributed by atoms with Crippen LogP contribution in [0.15, 0.2) is 36.0 Å². The molecule has 3 heteroatoms. The van der Waals surface area contributed by atoms with E-state index in [1.54, 1.807) is 0 Å². The Morgan fingerprint density at radius 3 is 1.69 bits per heavy atom. The number of rotatable bonds is 2. The van der Waals surface area contributed by atoms with E-state index < -0.39 is 11.7 Å². The maximum Gasteiger partial charge on any atom is 0.416 e. The molecule has 0 N–H and O–H groups in total. The smallest absolute Gasteiger partial charge is 0.166 e. The molecule has 0 nitrogen and oxygen atoms in total. The van der Waals surface area contributed by atoms with Crippen molar-refractivity contribution >= 4 is 0 Å². The highest BCUT2D eigenvalue weighted by Crippen LogP contribution is 2.28. The number of hydrogen-bond donors (Lipinski definition) is 0. The molecule has 16 heavy (non-hydrogen) atoms. The molecule has 0 aromatic heterocycles. The summed E-state index contributed by atoms with van der Waals surface area (Å²) in [4.78, 5) is 0. The van der Waals surface area contributed by atoms with E-state index in [1.165, 1.54) is 26.0 Å². The molecule has 0 aliphatic heterocycles. The highest BCUT2D eigenvalue weighted by Gasteiger charge is 2.32. The third-order valence-electron chi connectivity index (χ3n) is 1.24. The summed E-state index contributed by atoms with van der Waals surface area (Å²) in [6.45, 7) is 12.7. The summed E-state index contributed by atoms with van der Waals surface area (Å²) >= 11 is 0. The summed E-state index contributed by atoms with van der Waals surface area (Å²) in [5.74, 6) is 0.833. The van der Waals surface area contributed by atoms with E-state index in [-0.39, 0.29) is 5.57 Å². The summed E-state index contributed by atoms with van der Waals surface area (Å²) in [6, 6.07) is 0. The van der Waals surface area contributed by atoms with Gasteiger partial charge in [-0.3, -0.25) is 0 Å². The van der Waals surface area contributed by atoms with Crippen molar-refractivity contribution in [3.8, 4) is 0 Å². The number of allylic oxidation sites excluding steroid dienone is 5. The van der Waals surface area contributed by atoms with Crippen LogP contribution in [0.2, 0.25) is 0 Å². The van der Waals surface area contributed by atoms with Gasteiger partial charge in [0.2, 0.25) is 0 Å². The molecule has 0 aromatic carbocycles. The van der Waals surface area contributed by atoms with Gasteiger partial charge in [-0.2, -0.15) is 13.2 Å². The first-order chi connectivity index (χ1) is 7.12. The van der Waals surface area contributed by atoms with E-state index in [0.717, 1.165) is 12.0 Å². The molecule has 0 spiro atoms. The van der Waals surface area contributed by atoms with Gasteiger partial charge in [0.05, 0.1) is 5.57 Å². The molecular weight excluding hydrogens is 213 g/mol. The van der Waals surface area contributed by atoms with Crippen molar-refractivity contribution in [3.63, 3.8) is 0 Å². The molecule has 0 fully saturated rings. The van der Waals surface area contributed by atoms with Gasteiger partial charge >= 0.3 is 6.18 Å². The van der Waals surface area contributed by atoms with Gasteiger partial charge in [0.25, 0.3) is 0 Å². The van der Waals surface area contributed by atoms with Gasteiger partial charge in [0.15, 0.2) is 0 Å². The second-order valence-corrected chi connectivity index (χ2v) is 4.24. The van der Waals surface area contributed by atoms with Crippen LogP contribution in [0.4, 0.5) is 13.2 Å². The van der Waals surface area contributed by atoms with E-state index >= 15 is 0 Å². The summed E-state index contributed by atoms with van der Waals surface area (Å²) < 4.78 is 36.5. The first kappa shape index (κ1) is 17.4. The molecule has 0 rings (SSSR count). The van der Waals surface area contributed by atoms with Crippen molar-refractivity contribution < 1.29 is 13.2 Å². The maximum atomic E-state index is 12.2. The normalized spacial score (nSPS) is 11.1. The minimum Gasteiger partial charge on any atom is -0.166 e. The van der Waals surface area contributed by atoms with Crippen LogP contribution in [0.1, 0.15) is 34.6 Å². The zero-order valence-corrected chi connectivity index (χ0v) is 10.7. The average Bonchev–Trinajstić information content (AvgIpc) is 2.00. The Morgan fingerprint density at radius 1 is 1.12 bits per heavy atom. The maximum absolute atomic E-state index is 12.2. The minimum atomic E-state index is -4.27. The quantitative estimate of drug-likeness (QED) is 0.569. The third-order valence-corrected chi connectivity index (χ3v) is 1.24. The topological polar surface area (TPSA) is 0 Å². The van der Waals surface area contributed by atoms with Gasteiger partial charge in [-0.15, -0.1) is 0 Å². The minimum absolute atomic E-state index is 0.251. The predicted octanol–water partition coefficient (Wildman–Crippen LogP) is 5.29. The second kappa shape index (κ2) is 8.20. The summed E-state index contributed by atoms with van der Waals surface area (Å²) in [7, 11) is 0. The van der Waals surface area contributed by atoms with Crippen LogP contribution in [0.5, 0.6) is 0 Å². The van der Waals surface area contributed by atoms with Crippen LogP contribution in [-0.4, -0.2) is 6.18 Å². The Bertz CT molecular complexity index is 248. The number of hydrogen-bond acceptors (Lipinski definition) is 0. The Morgan fingerprint density at radius 2 is 1.50 bits per heavy atom. The molecule has 0 bridgehead atoms. The van der Waals surface area contributed by atoms with E-state index in [4.69, 9.17) is 0 Å². The summed E-state index contributed by atoms with van der Waals surface area (Å²) in [5, 5.41) is 0. The average molecular weight is 234 g/mol. The largest absolute Gasteiger partial charge is 0.416 e. The van der Waals surface area contributed by atoms with E-state index in [2.05, 4.69) is 27.4 Å². The fourth-order valence-corrected chi connectivity index (χ4v) is 0.709. The van der Waals surface area contributed by atoms with Gasteiger partial charge < -0.3 is 0 Å². The third kappa shape index (κ3) is 11.1. The van der Waals surface area contributed by atoms with Crippen LogP contribution in [0, 0.1) is 5.92 Å². The van der Waals surface area contributed by atoms with Crippen molar-refractivity contribution in [1.82, 2.24) is 0 Å². The van der Waals surface area contributed by atoms with Crippen molar-refractivity contribution in [2.75, 3.05) is 0 Å². The molecular formula is C13H21F3. The molecule has 0 saturated carbocycles. The standard InChI is InChI=1S/C9H11F3.C4H10/c1-4-5-6-8(7(2)3)9(10,11)12;1-4(2)3/h4-6H,1H2,2-3H3;4H,1-3H3/b6-5-;. The lowest BCUT2D eigenvalue weighted by Gasteiger charge is -2.08. The molecule has 94 valence electrons. The molecule has 0 radical (unpaired) electrons. The van der Waals surface area contributed by atoms with Crippen LogP contribution in [-0.2, 0) is 0 Å². The highest BCUT2D eigenvalue weighted by molar-refractivity contribution is 5.29. The summed E-state index contributed by atoms with van der Waals surface area (Å²) in [5.41, 5.74) is -0.358. The first-order valence-electron chi connectivity index (χ1n) is 5.16. The van der Waals surface area contributed by atoms with E-state index in [1.807, 2.05) is 0 Å². The Balaban J connectivity index is 0. The molecule has 0 unspecified atom stereocenters. The molecule has 0 saturated heterocycles. The lowest BCUT2D eigenvalue weighted by atomic mass is 10.1. The van der Waals surface area contributed by atoms with Crippen molar-refractivity contribution in [2.24, 2.45) is 5.92 Å². The van der Waals surface area contributed by atoms with E-state index in [0.29, 0.717) is 0 Å². The highest BCUT2D eigenvalue weighted by atomic mass is 19.4. The fraction of sp³-hybridized carbons (Fsp3) is 0.538. The van der Waals surface area contributed by atoms with Gasteiger partial charge in [0.1, 0.15) is 0 Å². The van der Waals surface area contributed by atoms with Crippen LogP contribution in [0.3, 0.4) is 0 Å². The van der Waals surface area contributed by atoms with Crippen molar-refractivity contribution in [1.29, 1.82) is 0 Å².